The van der Waals surface area contributed by atoms with Gasteiger partial charge in [-0.2, -0.15) is 4.31 Å². The number of hydrogen-bond donors (Lipinski definition) is 0. The van der Waals surface area contributed by atoms with E-state index in [1.807, 2.05) is 30.3 Å². The Morgan fingerprint density at radius 1 is 1.21 bits per heavy atom. The summed E-state index contributed by atoms with van der Waals surface area (Å²) in [6.07, 6.45) is 1.88. The highest BCUT2D eigenvalue weighted by Crippen LogP contribution is 2.22. The summed E-state index contributed by atoms with van der Waals surface area (Å²) in [6, 6.07) is 8.80. The van der Waals surface area contributed by atoms with E-state index in [2.05, 4.69) is 0 Å². The molecule has 1 aliphatic heterocycles. The Labute approximate surface area is 142 Å². The minimum absolute atomic E-state index is 0.198. The number of carbonyl (C=O) groups excluding carboxylic acids is 2. The Hall–Kier alpha value is -1.93. The van der Waals surface area contributed by atoms with Crippen molar-refractivity contribution in [3.8, 4) is 0 Å². The lowest BCUT2D eigenvalue weighted by molar-refractivity contribution is -0.135. The number of sulfonamides is 1. The second-order valence-corrected chi connectivity index (χ2v) is 7.85. The lowest BCUT2D eigenvalue weighted by Crippen LogP contribution is -2.51. The van der Waals surface area contributed by atoms with E-state index in [0.717, 1.165) is 18.2 Å². The van der Waals surface area contributed by atoms with Crippen LogP contribution in [0.3, 0.4) is 0 Å². The van der Waals surface area contributed by atoms with Crippen LogP contribution in [-0.2, 0) is 19.6 Å². The Kier molecular flexibility index (Phi) is 5.95. The zero-order chi connectivity index (χ0) is 17.7. The molecular formula is C16H23N3O4S. The van der Waals surface area contributed by atoms with Gasteiger partial charge in [0.05, 0.1) is 12.8 Å². The number of amides is 2. The third-order valence-electron chi connectivity index (χ3n) is 4.25. The van der Waals surface area contributed by atoms with E-state index in [-0.39, 0.29) is 12.5 Å². The summed E-state index contributed by atoms with van der Waals surface area (Å²) in [6.45, 7) is 3.37. The summed E-state index contributed by atoms with van der Waals surface area (Å²) in [4.78, 5) is 26.4. The predicted octanol–water partition coefficient (Wildman–Crippen LogP) is 0.310. The smallest absolute Gasteiger partial charge is 0.238 e. The molecule has 0 saturated carbocycles. The minimum atomic E-state index is -3.54. The molecule has 8 heteroatoms. The molecule has 1 saturated heterocycles. The van der Waals surface area contributed by atoms with Gasteiger partial charge in [-0.1, -0.05) is 30.3 Å². The average molecular weight is 353 g/mol. The van der Waals surface area contributed by atoms with Crippen molar-refractivity contribution >= 4 is 22.3 Å². The van der Waals surface area contributed by atoms with E-state index in [0.29, 0.717) is 26.2 Å². The largest absolute Gasteiger partial charge is 0.342 e. The van der Waals surface area contributed by atoms with Crippen LogP contribution in [0.2, 0.25) is 0 Å². The fourth-order valence-electron chi connectivity index (χ4n) is 2.75. The molecule has 1 aromatic rings. The van der Waals surface area contributed by atoms with Gasteiger partial charge in [0, 0.05) is 32.2 Å². The second kappa shape index (κ2) is 7.76. The molecule has 1 fully saturated rings. The molecule has 24 heavy (non-hydrogen) atoms. The quantitative estimate of drug-likeness (QED) is 0.690. The fourth-order valence-corrected chi connectivity index (χ4v) is 3.79. The fraction of sp³-hybridized carbons (Fsp3) is 0.500. The molecule has 0 N–H and O–H groups in total. The van der Waals surface area contributed by atoms with Crippen LogP contribution in [-0.4, -0.2) is 73.8 Å². The van der Waals surface area contributed by atoms with Crippen molar-refractivity contribution in [3.63, 3.8) is 0 Å². The number of benzene rings is 1. The molecule has 1 atom stereocenters. The van der Waals surface area contributed by atoms with Crippen LogP contribution in [0.4, 0.5) is 0 Å². The molecule has 1 heterocycles. The maximum atomic E-state index is 12.5. The first-order chi connectivity index (χ1) is 11.3. The standard InChI is InChI=1S/C16H23N3O4S/c1-14(15-6-4-3-5-7-15)19(24(2,22)23)12-16(21)18-10-8-17(13-20)9-11-18/h3-7,13-14H,8-12H2,1-2H3. The minimum Gasteiger partial charge on any atom is -0.342 e. The van der Waals surface area contributed by atoms with Crippen molar-refractivity contribution in [2.45, 2.75) is 13.0 Å². The molecule has 1 aromatic carbocycles. The van der Waals surface area contributed by atoms with Gasteiger partial charge < -0.3 is 9.80 Å². The van der Waals surface area contributed by atoms with Gasteiger partial charge in [0.1, 0.15) is 0 Å². The number of rotatable bonds is 6. The lowest BCUT2D eigenvalue weighted by Gasteiger charge is -2.34. The van der Waals surface area contributed by atoms with Crippen molar-refractivity contribution in [2.24, 2.45) is 0 Å². The van der Waals surface area contributed by atoms with Crippen molar-refractivity contribution in [3.05, 3.63) is 35.9 Å². The van der Waals surface area contributed by atoms with Gasteiger partial charge in [-0.05, 0) is 12.5 Å². The normalized spacial score (nSPS) is 17.0. The maximum absolute atomic E-state index is 12.5. The van der Waals surface area contributed by atoms with Crippen molar-refractivity contribution < 1.29 is 18.0 Å². The highest BCUT2D eigenvalue weighted by Gasteiger charge is 2.29. The first-order valence-electron chi connectivity index (χ1n) is 7.82. The molecule has 1 aliphatic rings. The Morgan fingerprint density at radius 2 is 1.79 bits per heavy atom. The van der Waals surface area contributed by atoms with Gasteiger partial charge >= 0.3 is 0 Å². The highest BCUT2D eigenvalue weighted by molar-refractivity contribution is 7.88. The van der Waals surface area contributed by atoms with Gasteiger partial charge in [0.2, 0.25) is 22.3 Å². The highest BCUT2D eigenvalue weighted by atomic mass is 32.2. The maximum Gasteiger partial charge on any atom is 0.238 e. The van der Waals surface area contributed by atoms with Gasteiger partial charge in [0.25, 0.3) is 0 Å². The summed E-state index contributed by atoms with van der Waals surface area (Å²) >= 11 is 0. The Morgan fingerprint density at radius 3 is 2.29 bits per heavy atom. The summed E-state index contributed by atoms with van der Waals surface area (Å²) < 4.78 is 25.5. The van der Waals surface area contributed by atoms with E-state index < -0.39 is 16.1 Å². The third kappa shape index (κ3) is 4.55. The zero-order valence-electron chi connectivity index (χ0n) is 14.0. The number of carbonyl (C=O) groups is 2. The number of piperazine rings is 1. The first kappa shape index (κ1) is 18.4. The van der Waals surface area contributed by atoms with E-state index in [1.54, 1.807) is 16.7 Å². The zero-order valence-corrected chi connectivity index (χ0v) is 14.8. The van der Waals surface area contributed by atoms with Crippen LogP contribution in [0.15, 0.2) is 30.3 Å². The van der Waals surface area contributed by atoms with Crippen LogP contribution in [0.5, 0.6) is 0 Å². The Bertz CT molecular complexity index is 670. The van der Waals surface area contributed by atoms with Crippen LogP contribution >= 0.6 is 0 Å². The molecular weight excluding hydrogens is 330 g/mol. The van der Waals surface area contributed by atoms with E-state index >= 15 is 0 Å². The summed E-state index contributed by atoms with van der Waals surface area (Å²) in [5.41, 5.74) is 0.835. The van der Waals surface area contributed by atoms with Crippen LogP contribution in [0, 0.1) is 0 Å². The van der Waals surface area contributed by atoms with Gasteiger partial charge in [0.15, 0.2) is 0 Å². The molecule has 132 valence electrons. The van der Waals surface area contributed by atoms with E-state index in [9.17, 15) is 18.0 Å². The molecule has 0 bridgehead atoms. The topological polar surface area (TPSA) is 78.0 Å². The average Bonchev–Trinajstić information content (AvgIpc) is 2.58. The van der Waals surface area contributed by atoms with Gasteiger partial charge in [-0.3, -0.25) is 9.59 Å². The molecule has 1 unspecified atom stereocenters. The summed E-state index contributed by atoms with van der Waals surface area (Å²) in [5, 5.41) is 0. The molecule has 2 rings (SSSR count). The van der Waals surface area contributed by atoms with Crippen LogP contribution in [0.25, 0.3) is 0 Å². The van der Waals surface area contributed by atoms with Gasteiger partial charge in [-0.25, -0.2) is 8.42 Å². The third-order valence-corrected chi connectivity index (χ3v) is 5.54. The van der Waals surface area contributed by atoms with Crippen molar-refractivity contribution in [2.75, 3.05) is 39.0 Å². The SMILES string of the molecule is CC(c1ccccc1)N(CC(=O)N1CCN(C=O)CC1)S(C)(=O)=O. The molecule has 2 amide bonds. The van der Waals surface area contributed by atoms with E-state index in [1.165, 1.54) is 4.31 Å². The van der Waals surface area contributed by atoms with Crippen LogP contribution < -0.4 is 0 Å². The number of nitrogens with zero attached hydrogens (tertiary/aromatic N) is 3. The second-order valence-electron chi connectivity index (χ2n) is 5.92. The Balaban J connectivity index is 2.10. The lowest BCUT2D eigenvalue weighted by atomic mass is 10.1. The summed E-state index contributed by atoms with van der Waals surface area (Å²) in [5.74, 6) is -0.242. The summed E-state index contributed by atoms with van der Waals surface area (Å²) in [7, 11) is -3.54. The van der Waals surface area contributed by atoms with Crippen molar-refractivity contribution in [1.29, 1.82) is 0 Å². The van der Waals surface area contributed by atoms with E-state index in [4.69, 9.17) is 0 Å². The molecule has 0 radical (unpaired) electrons. The van der Waals surface area contributed by atoms with Gasteiger partial charge in [-0.15, -0.1) is 0 Å². The molecule has 7 nitrogen and oxygen atoms in total. The predicted molar refractivity (Wildman–Crippen MR) is 90.6 cm³/mol. The van der Waals surface area contributed by atoms with Crippen molar-refractivity contribution in [1.82, 2.24) is 14.1 Å². The molecule has 0 spiro atoms. The first-order valence-corrected chi connectivity index (χ1v) is 9.66. The number of hydrogen-bond acceptors (Lipinski definition) is 4. The molecule has 0 aromatic heterocycles. The van der Waals surface area contributed by atoms with Crippen LogP contribution in [0.1, 0.15) is 18.5 Å². The molecule has 0 aliphatic carbocycles. The monoisotopic (exact) mass is 353 g/mol.